The van der Waals surface area contributed by atoms with E-state index in [2.05, 4.69) is 0 Å². The Morgan fingerprint density at radius 1 is 1.40 bits per heavy atom. The largest absolute Gasteiger partial charge is 0.458 e. The van der Waals surface area contributed by atoms with Crippen LogP contribution in [-0.4, -0.2) is 5.97 Å². The van der Waals surface area contributed by atoms with Crippen LogP contribution in [0.3, 0.4) is 0 Å². The van der Waals surface area contributed by atoms with Crippen molar-refractivity contribution in [3.8, 4) is 0 Å². The van der Waals surface area contributed by atoms with E-state index < -0.39 is 5.97 Å². The summed E-state index contributed by atoms with van der Waals surface area (Å²) in [7, 11) is 0. The Balaban J connectivity index is 2.41. The Kier molecular flexibility index (Phi) is 4.91. The second-order valence-corrected chi connectivity index (χ2v) is 3.52. The van der Waals surface area contributed by atoms with Crippen molar-refractivity contribution in [1.29, 1.82) is 0 Å². The predicted molar refractivity (Wildman–Crippen MR) is 60.5 cm³/mol. The quantitative estimate of drug-likeness (QED) is 0.580. The maximum absolute atomic E-state index is 11.2. The Labute approximate surface area is 94.5 Å². The number of allylic oxidation sites excluding steroid dienone is 1. The monoisotopic (exact) mass is 224 g/mol. The fourth-order valence-electron chi connectivity index (χ4n) is 1.00. The number of halogens is 1. The molecule has 0 unspecified atom stereocenters. The minimum absolute atomic E-state index is 0.282. The molecule has 0 fully saturated rings. The molecule has 2 nitrogen and oxygen atoms in total. The average Bonchev–Trinajstić information content (AvgIpc) is 2.27. The van der Waals surface area contributed by atoms with E-state index in [0.29, 0.717) is 11.5 Å². The summed E-state index contributed by atoms with van der Waals surface area (Å²) < 4.78 is 5.00. The molecule has 0 saturated carbocycles. The molecular weight excluding hydrogens is 212 g/mol. The van der Waals surface area contributed by atoms with Crippen molar-refractivity contribution in [2.24, 2.45) is 0 Å². The Morgan fingerprint density at radius 3 is 2.67 bits per heavy atom. The summed E-state index contributed by atoms with van der Waals surface area (Å²) in [4.78, 5) is 11.2. The number of esters is 1. The molecule has 0 aromatic heterocycles. The molecule has 0 radical (unpaired) electrons. The summed E-state index contributed by atoms with van der Waals surface area (Å²) in [5, 5.41) is 0.507. The van der Waals surface area contributed by atoms with Gasteiger partial charge in [-0.25, -0.2) is 4.79 Å². The molecule has 3 heteroatoms. The molecule has 1 aromatic rings. The lowest BCUT2D eigenvalue weighted by molar-refractivity contribution is -0.139. The van der Waals surface area contributed by atoms with E-state index in [1.165, 1.54) is 6.08 Å². The van der Waals surface area contributed by atoms with Crippen LogP contribution in [0.4, 0.5) is 0 Å². The van der Waals surface area contributed by atoms with E-state index in [4.69, 9.17) is 16.3 Å². The summed E-state index contributed by atoms with van der Waals surface area (Å²) in [5.41, 5.74) is 0.965. The van der Waals surface area contributed by atoms with Gasteiger partial charge in [-0.15, -0.1) is 0 Å². The first-order valence-corrected chi connectivity index (χ1v) is 5.17. The first kappa shape index (κ1) is 11.8. The van der Waals surface area contributed by atoms with Crippen LogP contribution in [0.2, 0.25) is 0 Å². The molecule has 0 aliphatic carbocycles. The second-order valence-electron chi connectivity index (χ2n) is 3.04. The highest BCUT2D eigenvalue weighted by Gasteiger charge is 2.00. The second kappa shape index (κ2) is 6.25. The fourth-order valence-corrected chi connectivity index (χ4v) is 1.09. The van der Waals surface area contributed by atoms with Gasteiger partial charge < -0.3 is 4.74 Å². The lowest BCUT2D eigenvalue weighted by Crippen LogP contribution is -2.01. The average molecular weight is 225 g/mol. The van der Waals surface area contributed by atoms with Gasteiger partial charge in [0.2, 0.25) is 0 Å². The number of rotatable bonds is 4. The first-order chi connectivity index (χ1) is 7.22. The van der Waals surface area contributed by atoms with Gasteiger partial charge >= 0.3 is 5.97 Å². The van der Waals surface area contributed by atoms with Gasteiger partial charge in [0, 0.05) is 11.1 Å². The first-order valence-electron chi connectivity index (χ1n) is 4.79. The molecule has 0 saturated heterocycles. The number of carbonyl (C=O) groups is 1. The summed E-state index contributed by atoms with van der Waals surface area (Å²) in [6.07, 6.45) is 1.95. The highest BCUT2D eigenvalue weighted by molar-refractivity contribution is 6.30. The molecule has 0 amide bonds. The molecule has 0 aliphatic rings. The van der Waals surface area contributed by atoms with E-state index in [1.54, 1.807) is 0 Å². The normalized spacial score (nSPS) is 11.2. The van der Waals surface area contributed by atoms with Crippen molar-refractivity contribution in [1.82, 2.24) is 0 Å². The lowest BCUT2D eigenvalue weighted by Gasteiger charge is -2.01. The zero-order valence-corrected chi connectivity index (χ0v) is 9.33. The Bertz CT molecular complexity index is 344. The van der Waals surface area contributed by atoms with E-state index in [0.717, 1.165) is 5.56 Å². The Hall–Kier alpha value is -1.28. The smallest absolute Gasteiger partial charge is 0.332 e. The zero-order chi connectivity index (χ0) is 11.1. The van der Waals surface area contributed by atoms with Crippen molar-refractivity contribution in [2.75, 3.05) is 0 Å². The SMILES string of the molecule is CCC(Cl)=CC(=O)OCc1ccccc1. The van der Waals surface area contributed by atoms with Gasteiger partial charge in [0.25, 0.3) is 0 Å². The van der Waals surface area contributed by atoms with E-state index >= 15 is 0 Å². The van der Waals surface area contributed by atoms with Gasteiger partial charge in [-0.2, -0.15) is 0 Å². The summed E-state index contributed by atoms with van der Waals surface area (Å²) in [5.74, 6) is -0.397. The van der Waals surface area contributed by atoms with Crippen molar-refractivity contribution in [3.05, 3.63) is 47.0 Å². The van der Waals surface area contributed by atoms with Gasteiger partial charge in [0.15, 0.2) is 0 Å². The standard InChI is InChI=1S/C12H13ClO2/c1-2-11(13)8-12(14)15-9-10-6-4-3-5-7-10/h3-8H,2,9H2,1H3. The summed E-state index contributed by atoms with van der Waals surface area (Å²) >= 11 is 5.70. The summed E-state index contributed by atoms with van der Waals surface area (Å²) in [6, 6.07) is 9.52. The maximum Gasteiger partial charge on any atom is 0.332 e. The van der Waals surface area contributed by atoms with Crippen LogP contribution >= 0.6 is 11.6 Å². The van der Waals surface area contributed by atoms with Crippen molar-refractivity contribution in [2.45, 2.75) is 20.0 Å². The van der Waals surface area contributed by atoms with Gasteiger partial charge in [0.05, 0.1) is 0 Å². The number of ether oxygens (including phenoxy) is 1. The topological polar surface area (TPSA) is 26.3 Å². The number of hydrogen-bond acceptors (Lipinski definition) is 2. The van der Waals surface area contributed by atoms with E-state index in [-0.39, 0.29) is 6.61 Å². The molecule has 1 rings (SSSR count). The van der Waals surface area contributed by atoms with Crippen LogP contribution in [-0.2, 0) is 16.1 Å². The third-order valence-electron chi connectivity index (χ3n) is 1.84. The van der Waals surface area contributed by atoms with Crippen molar-refractivity contribution < 1.29 is 9.53 Å². The van der Waals surface area contributed by atoms with Crippen LogP contribution in [0, 0.1) is 0 Å². The Morgan fingerprint density at radius 2 is 2.07 bits per heavy atom. The number of hydrogen-bond donors (Lipinski definition) is 0. The van der Waals surface area contributed by atoms with Crippen LogP contribution in [0.25, 0.3) is 0 Å². The van der Waals surface area contributed by atoms with Gasteiger partial charge in [0.1, 0.15) is 6.61 Å². The van der Waals surface area contributed by atoms with Crippen LogP contribution < -0.4 is 0 Å². The van der Waals surface area contributed by atoms with Crippen LogP contribution in [0.1, 0.15) is 18.9 Å². The van der Waals surface area contributed by atoms with Gasteiger partial charge in [-0.05, 0) is 12.0 Å². The molecule has 0 heterocycles. The van der Waals surface area contributed by atoms with Crippen LogP contribution in [0.15, 0.2) is 41.4 Å². The third-order valence-corrected chi connectivity index (χ3v) is 2.21. The fraction of sp³-hybridized carbons (Fsp3) is 0.250. The number of carbonyl (C=O) groups excluding carboxylic acids is 1. The molecule has 80 valence electrons. The molecule has 0 atom stereocenters. The maximum atomic E-state index is 11.2. The predicted octanol–water partition coefficient (Wildman–Crippen LogP) is 3.26. The minimum atomic E-state index is -0.397. The van der Waals surface area contributed by atoms with Gasteiger partial charge in [-0.3, -0.25) is 0 Å². The lowest BCUT2D eigenvalue weighted by atomic mass is 10.2. The molecule has 0 N–H and O–H groups in total. The zero-order valence-electron chi connectivity index (χ0n) is 8.57. The van der Waals surface area contributed by atoms with E-state index in [1.807, 2.05) is 37.3 Å². The number of benzene rings is 1. The van der Waals surface area contributed by atoms with Crippen LogP contribution in [0.5, 0.6) is 0 Å². The molecule has 15 heavy (non-hydrogen) atoms. The third kappa shape index (κ3) is 4.66. The highest BCUT2D eigenvalue weighted by Crippen LogP contribution is 2.07. The molecule has 1 aromatic carbocycles. The molecule has 0 spiro atoms. The molecular formula is C12H13ClO2. The summed E-state index contributed by atoms with van der Waals surface area (Å²) in [6.45, 7) is 2.16. The van der Waals surface area contributed by atoms with Gasteiger partial charge in [-0.1, -0.05) is 48.9 Å². The van der Waals surface area contributed by atoms with Crippen molar-refractivity contribution in [3.63, 3.8) is 0 Å². The van der Waals surface area contributed by atoms with E-state index in [9.17, 15) is 4.79 Å². The molecule has 0 aliphatic heterocycles. The van der Waals surface area contributed by atoms with Crippen molar-refractivity contribution >= 4 is 17.6 Å². The minimum Gasteiger partial charge on any atom is -0.458 e. The molecule has 0 bridgehead atoms. The highest BCUT2D eigenvalue weighted by atomic mass is 35.5.